The highest BCUT2D eigenvalue weighted by Crippen LogP contribution is 2.25. The molecule has 0 aliphatic carbocycles. The number of nitrogens with zero attached hydrogens (tertiary/aromatic N) is 1. The lowest BCUT2D eigenvalue weighted by Gasteiger charge is -2.03. The van der Waals surface area contributed by atoms with Crippen LogP contribution >= 0.6 is 11.3 Å². The van der Waals surface area contributed by atoms with Crippen LogP contribution in [-0.2, 0) is 17.8 Å². The van der Waals surface area contributed by atoms with Gasteiger partial charge in [-0.2, -0.15) is 0 Å². The maximum atomic E-state index is 13.1. The van der Waals surface area contributed by atoms with Gasteiger partial charge in [0.15, 0.2) is 0 Å². The number of halogens is 1. The number of thiazole rings is 1. The van der Waals surface area contributed by atoms with Crippen molar-refractivity contribution in [2.45, 2.75) is 13.0 Å². The maximum Gasteiger partial charge on any atom is 0.230 e. The van der Waals surface area contributed by atoms with Gasteiger partial charge >= 0.3 is 0 Å². The predicted octanol–water partition coefficient (Wildman–Crippen LogP) is 3.59. The van der Waals surface area contributed by atoms with Crippen molar-refractivity contribution >= 4 is 22.9 Å². The molecule has 3 N–H and O–H groups in total. The highest BCUT2D eigenvalue weighted by Gasteiger charge is 2.10. The summed E-state index contributed by atoms with van der Waals surface area (Å²) in [6.45, 7) is 0.474. The van der Waals surface area contributed by atoms with Crippen molar-refractivity contribution in [1.82, 2.24) is 4.98 Å². The molecule has 122 valence electrons. The molecule has 3 aromatic rings. The Labute approximate surface area is 143 Å². The van der Waals surface area contributed by atoms with Crippen molar-refractivity contribution in [3.05, 3.63) is 71.0 Å². The lowest BCUT2D eigenvalue weighted by atomic mass is 10.1. The lowest BCUT2D eigenvalue weighted by Crippen LogP contribution is -2.14. The number of hydrogen-bond acceptors (Lipinski definition) is 4. The van der Waals surface area contributed by atoms with Gasteiger partial charge in [-0.3, -0.25) is 4.79 Å². The molecule has 0 bridgehead atoms. The zero-order chi connectivity index (χ0) is 16.9. The molecule has 0 aliphatic rings. The van der Waals surface area contributed by atoms with Crippen LogP contribution in [0, 0.1) is 5.82 Å². The molecular formula is C18H16FN3OS. The molecule has 3 rings (SSSR count). The molecule has 0 atom stereocenters. The first-order chi connectivity index (χ1) is 11.6. The Hall–Kier alpha value is -2.57. The first-order valence-corrected chi connectivity index (χ1v) is 8.31. The van der Waals surface area contributed by atoms with E-state index in [1.165, 1.54) is 23.5 Å². The molecule has 1 heterocycles. The minimum absolute atomic E-state index is 0.142. The summed E-state index contributed by atoms with van der Waals surface area (Å²) in [5.74, 6) is -0.614. The standard InChI is InChI=1S/C18H16FN3OS/c19-14-5-2-6-15(8-14)21-17(23)9-16-11-24-18(22-16)13-4-1-3-12(7-13)10-20/h1-8,11H,9-10,20H2,(H,21,23). The fourth-order valence-electron chi connectivity index (χ4n) is 2.29. The van der Waals surface area contributed by atoms with E-state index in [2.05, 4.69) is 10.3 Å². The van der Waals surface area contributed by atoms with Crippen LogP contribution in [0.25, 0.3) is 10.6 Å². The van der Waals surface area contributed by atoms with Crippen molar-refractivity contribution in [2.75, 3.05) is 5.32 Å². The maximum absolute atomic E-state index is 13.1. The minimum atomic E-state index is -0.386. The second-order valence-corrected chi connectivity index (χ2v) is 6.14. The molecule has 1 aromatic heterocycles. The number of amides is 1. The predicted molar refractivity (Wildman–Crippen MR) is 94.2 cm³/mol. The van der Waals surface area contributed by atoms with Crippen LogP contribution < -0.4 is 11.1 Å². The normalized spacial score (nSPS) is 10.6. The molecular weight excluding hydrogens is 325 g/mol. The summed E-state index contributed by atoms with van der Waals surface area (Å²) in [6, 6.07) is 13.7. The first kappa shape index (κ1) is 16.3. The molecule has 0 saturated heterocycles. The van der Waals surface area contributed by atoms with Gasteiger partial charge < -0.3 is 11.1 Å². The molecule has 1 amide bonds. The first-order valence-electron chi connectivity index (χ1n) is 7.43. The molecule has 0 radical (unpaired) electrons. The number of hydrogen-bond donors (Lipinski definition) is 2. The van der Waals surface area contributed by atoms with Crippen LogP contribution in [0.3, 0.4) is 0 Å². The Morgan fingerprint density at radius 1 is 1.21 bits per heavy atom. The summed E-state index contributed by atoms with van der Waals surface area (Å²) in [6.07, 6.45) is 0.142. The molecule has 0 spiro atoms. The third kappa shape index (κ3) is 4.04. The third-order valence-corrected chi connectivity index (χ3v) is 4.35. The highest BCUT2D eigenvalue weighted by molar-refractivity contribution is 7.13. The summed E-state index contributed by atoms with van der Waals surface area (Å²) in [5, 5.41) is 5.37. The Morgan fingerprint density at radius 2 is 2.04 bits per heavy atom. The van der Waals surface area contributed by atoms with Gasteiger partial charge in [0, 0.05) is 23.2 Å². The fraction of sp³-hybridized carbons (Fsp3) is 0.111. The lowest BCUT2D eigenvalue weighted by molar-refractivity contribution is -0.115. The number of nitrogens with two attached hydrogens (primary N) is 1. The molecule has 6 heteroatoms. The minimum Gasteiger partial charge on any atom is -0.326 e. The van der Waals surface area contributed by atoms with Crippen molar-refractivity contribution in [3.8, 4) is 10.6 Å². The molecule has 4 nitrogen and oxygen atoms in total. The van der Waals surface area contributed by atoms with E-state index in [9.17, 15) is 9.18 Å². The summed E-state index contributed by atoms with van der Waals surface area (Å²) >= 11 is 1.48. The number of anilines is 1. The van der Waals surface area contributed by atoms with Crippen LogP contribution in [0.15, 0.2) is 53.9 Å². The van der Waals surface area contributed by atoms with Crippen molar-refractivity contribution in [2.24, 2.45) is 5.73 Å². The van der Waals surface area contributed by atoms with Crippen LogP contribution in [0.2, 0.25) is 0 Å². The van der Waals surface area contributed by atoms with E-state index in [1.54, 1.807) is 12.1 Å². The van der Waals surface area contributed by atoms with E-state index < -0.39 is 0 Å². The van der Waals surface area contributed by atoms with E-state index >= 15 is 0 Å². The largest absolute Gasteiger partial charge is 0.326 e. The van der Waals surface area contributed by atoms with Gasteiger partial charge in [0.1, 0.15) is 10.8 Å². The number of nitrogens with one attached hydrogen (secondary N) is 1. The Morgan fingerprint density at radius 3 is 2.83 bits per heavy atom. The highest BCUT2D eigenvalue weighted by atomic mass is 32.1. The molecule has 0 saturated carbocycles. The van der Waals surface area contributed by atoms with E-state index in [0.717, 1.165) is 16.1 Å². The third-order valence-electron chi connectivity index (χ3n) is 3.41. The van der Waals surface area contributed by atoms with Gasteiger partial charge in [0.05, 0.1) is 12.1 Å². The van der Waals surface area contributed by atoms with Crippen LogP contribution in [-0.4, -0.2) is 10.9 Å². The topological polar surface area (TPSA) is 68.0 Å². The van der Waals surface area contributed by atoms with Crippen LogP contribution in [0.4, 0.5) is 10.1 Å². The average molecular weight is 341 g/mol. The fourth-order valence-corrected chi connectivity index (χ4v) is 3.10. The Kier molecular flexibility index (Phi) is 4.98. The monoisotopic (exact) mass is 341 g/mol. The van der Waals surface area contributed by atoms with Crippen molar-refractivity contribution in [1.29, 1.82) is 0 Å². The Bertz CT molecular complexity index is 863. The van der Waals surface area contributed by atoms with Gasteiger partial charge in [0.25, 0.3) is 0 Å². The van der Waals surface area contributed by atoms with Gasteiger partial charge in [0.2, 0.25) is 5.91 Å². The second kappa shape index (κ2) is 7.33. The Balaban J connectivity index is 1.68. The SMILES string of the molecule is NCc1cccc(-c2nc(CC(=O)Nc3cccc(F)c3)cs2)c1. The van der Waals surface area contributed by atoms with Crippen LogP contribution in [0.5, 0.6) is 0 Å². The smallest absolute Gasteiger partial charge is 0.230 e. The molecule has 2 aromatic carbocycles. The van der Waals surface area contributed by atoms with Gasteiger partial charge in [-0.15, -0.1) is 11.3 Å². The molecule has 0 fully saturated rings. The average Bonchev–Trinajstić information content (AvgIpc) is 3.03. The number of aromatic nitrogens is 1. The summed E-state index contributed by atoms with van der Waals surface area (Å²) in [4.78, 5) is 16.6. The molecule has 0 unspecified atom stereocenters. The van der Waals surface area contributed by atoms with Crippen molar-refractivity contribution < 1.29 is 9.18 Å². The number of carbonyl (C=O) groups excluding carboxylic acids is 1. The number of carbonyl (C=O) groups is 1. The van der Waals surface area contributed by atoms with E-state index in [-0.39, 0.29) is 18.1 Å². The quantitative estimate of drug-likeness (QED) is 0.745. The van der Waals surface area contributed by atoms with Crippen molar-refractivity contribution in [3.63, 3.8) is 0 Å². The van der Waals surface area contributed by atoms with E-state index in [0.29, 0.717) is 17.9 Å². The summed E-state index contributed by atoms with van der Waals surface area (Å²) in [7, 11) is 0. The van der Waals surface area contributed by atoms with E-state index in [1.807, 2.05) is 29.6 Å². The number of benzene rings is 2. The van der Waals surface area contributed by atoms with E-state index in [4.69, 9.17) is 5.73 Å². The van der Waals surface area contributed by atoms with Gasteiger partial charge in [-0.05, 0) is 29.8 Å². The van der Waals surface area contributed by atoms with Gasteiger partial charge in [-0.1, -0.05) is 24.3 Å². The zero-order valence-electron chi connectivity index (χ0n) is 12.8. The molecule has 0 aliphatic heterocycles. The second-order valence-electron chi connectivity index (χ2n) is 5.28. The van der Waals surface area contributed by atoms with Gasteiger partial charge in [-0.25, -0.2) is 9.37 Å². The molecule has 24 heavy (non-hydrogen) atoms. The summed E-state index contributed by atoms with van der Waals surface area (Å²) < 4.78 is 13.1. The summed E-state index contributed by atoms with van der Waals surface area (Å²) in [5.41, 5.74) is 8.79. The zero-order valence-corrected chi connectivity index (χ0v) is 13.6. The number of rotatable bonds is 5. The van der Waals surface area contributed by atoms with Crippen LogP contribution in [0.1, 0.15) is 11.3 Å².